The van der Waals surface area contributed by atoms with Crippen LogP contribution in [0, 0.1) is 5.82 Å². The maximum atomic E-state index is 15.0. The van der Waals surface area contributed by atoms with Gasteiger partial charge in [-0.05, 0) is 31.0 Å². The number of fused-ring (bicyclic) bond motifs is 1. The van der Waals surface area contributed by atoms with E-state index in [1.54, 1.807) is 18.2 Å². The van der Waals surface area contributed by atoms with E-state index in [0.717, 1.165) is 10.9 Å². The molecule has 1 aliphatic rings. The van der Waals surface area contributed by atoms with Crippen LogP contribution in [-0.2, 0) is 10.0 Å². The second-order valence-electron chi connectivity index (χ2n) is 5.91. The first-order valence-corrected chi connectivity index (χ1v) is 10.4. The zero-order chi connectivity index (χ0) is 18.5. The molecule has 0 amide bonds. The van der Waals surface area contributed by atoms with E-state index in [-0.39, 0.29) is 22.5 Å². The zero-order valence-corrected chi connectivity index (χ0v) is 16.3. The molecule has 1 aliphatic carbocycles. The molecule has 2 aromatic carbocycles. The van der Waals surface area contributed by atoms with Crippen molar-refractivity contribution in [3.8, 4) is 0 Å². The summed E-state index contributed by atoms with van der Waals surface area (Å²) >= 11 is 9.49. The van der Waals surface area contributed by atoms with E-state index in [2.05, 4.69) is 31.0 Å². The molecule has 0 spiro atoms. The van der Waals surface area contributed by atoms with Crippen LogP contribution in [0.1, 0.15) is 12.8 Å². The van der Waals surface area contributed by atoms with Gasteiger partial charge in [0.2, 0.25) is 10.0 Å². The van der Waals surface area contributed by atoms with Gasteiger partial charge in [0.25, 0.3) is 0 Å². The molecular formula is C16H12BrClFN3O3S. The molecule has 1 saturated carbocycles. The molecule has 136 valence electrons. The zero-order valence-electron chi connectivity index (χ0n) is 13.1. The molecule has 0 unspecified atom stereocenters. The number of nitrogens with one attached hydrogen (secondary N) is 2. The van der Waals surface area contributed by atoms with Crippen molar-refractivity contribution in [3.05, 3.63) is 46.0 Å². The lowest BCUT2D eigenvalue weighted by Crippen LogP contribution is -2.18. The average Bonchev–Trinajstić information content (AvgIpc) is 3.33. The first-order valence-electron chi connectivity index (χ1n) is 7.64. The highest BCUT2D eigenvalue weighted by Gasteiger charge is 2.36. The van der Waals surface area contributed by atoms with E-state index in [0.29, 0.717) is 23.6 Å². The first kappa shape index (κ1) is 17.6. The molecule has 1 fully saturated rings. The smallest absolute Gasteiger partial charge is 0.235 e. The van der Waals surface area contributed by atoms with Crippen LogP contribution in [0.4, 0.5) is 21.5 Å². The highest BCUT2D eigenvalue weighted by atomic mass is 79.9. The number of halogens is 3. The van der Waals surface area contributed by atoms with E-state index < -0.39 is 21.1 Å². The Kier molecular flexibility index (Phi) is 4.32. The van der Waals surface area contributed by atoms with E-state index in [9.17, 15) is 12.8 Å². The van der Waals surface area contributed by atoms with Gasteiger partial charge in [0, 0.05) is 10.5 Å². The SMILES string of the molecule is O=S(=O)(Nc1cc2ocnc2c(F)c1Nc1ccc(Br)cc1Cl)C1CC1. The summed E-state index contributed by atoms with van der Waals surface area (Å²) < 4.78 is 48.0. The van der Waals surface area contributed by atoms with Crippen LogP contribution < -0.4 is 10.0 Å². The summed E-state index contributed by atoms with van der Waals surface area (Å²) in [5.74, 6) is -0.733. The molecule has 3 aromatic rings. The second-order valence-corrected chi connectivity index (χ2v) is 9.19. The van der Waals surface area contributed by atoms with Crippen LogP contribution >= 0.6 is 27.5 Å². The van der Waals surface area contributed by atoms with Crippen molar-refractivity contribution in [1.29, 1.82) is 0 Å². The van der Waals surface area contributed by atoms with Crippen LogP contribution in [0.15, 0.2) is 39.5 Å². The number of hydrogen-bond donors (Lipinski definition) is 2. The Balaban J connectivity index is 1.82. The number of oxazole rings is 1. The summed E-state index contributed by atoms with van der Waals surface area (Å²) in [6.07, 6.45) is 2.27. The topological polar surface area (TPSA) is 84.2 Å². The number of rotatable bonds is 5. The predicted molar refractivity (Wildman–Crippen MR) is 102 cm³/mol. The van der Waals surface area contributed by atoms with Gasteiger partial charge in [-0.3, -0.25) is 4.72 Å². The Hall–Kier alpha value is -1.84. The number of benzene rings is 2. The van der Waals surface area contributed by atoms with E-state index in [1.807, 2.05) is 0 Å². The minimum atomic E-state index is -3.60. The Labute approximate surface area is 161 Å². The Morgan fingerprint density at radius 3 is 2.73 bits per heavy atom. The van der Waals surface area contributed by atoms with Gasteiger partial charge in [-0.25, -0.2) is 17.8 Å². The minimum absolute atomic E-state index is 0.00453. The summed E-state index contributed by atoms with van der Waals surface area (Å²) in [7, 11) is -3.60. The lowest BCUT2D eigenvalue weighted by atomic mass is 10.2. The first-order chi connectivity index (χ1) is 12.3. The molecule has 1 aromatic heterocycles. The summed E-state index contributed by atoms with van der Waals surface area (Å²) in [4.78, 5) is 3.84. The van der Waals surface area contributed by atoms with Crippen molar-refractivity contribution in [3.63, 3.8) is 0 Å². The molecule has 10 heteroatoms. The fourth-order valence-electron chi connectivity index (χ4n) is 2.51. The third-order valence-corrected chi connectivity index (χ3v) is 6.63. The van der Waals surface area contributed by atoms with Crippen molar-refractivity contribution >= 4 is 65.7 Å². The van der Waals surface area contributed by atoms with Gasteiger partial charge in [0.15, 0.2) is 17.8 Å². The van der Waals surface area contributed by atoms with Gasteiger partial charge < -0.3 is 9.73 Å². The normalized spacial score (nSPS) is 14.6. The third-order valence-electron chi connectivity index (χ3n) is 3.97. The van der Waals surface area contributed by atoms with E-state index >= 15 is 0 Å². The largest absolute Gasteiger partial charge is 0.443 e. The van der Waals surface area contributed by atoms with Crippen molar-refractivity contribution in [2.24, 2.45) is 0 Å². The second kappa shape index (κ2) is 6.40. The highest BCUT2D eigenvalue weighted by Crippen LogP contribution is 2.39. The number of aromatic nitrogens is 1. The molecule has 26 heavy (non-hydrogen) atoms. The minimum Gasteiger partial charge on any atom is -0.443 e. The fourth-order valence-corrected chi connectivity index (χ4v) is 4.62. The van der Waals surface area contributed by atoms with Crippen molar-refractivity contribution in [2.45, 2.75) is 18.1 Å². The maximum absolute atomic E-state index is 15.0. The highest BCUT2D eigenvalue weighted by molar-refractivity contribution is 9.10. The molecule has 1 heterocycles. The summed E-state index contributed by atoms with van der Waals surface area (Å²) in [5, 5.41) is 2.75. The summed E-state index contributed by atoms with van der Waals surface area (Å²) in [6.45, 7) is 0. The summed E-state index contributed by atoms with van der Waals surface area (Å²) in [5.41, 5.74) is 0.527. The van der Waals surface area contributed by atoms with Crippen LogP contribution in [0.2, 0.25) is 5.02 Å². The van der Waals surface area contributed by atoms with Gasteiger partial charge in [-0.15, -0.1) is 0 Å². The van der Waals surface area contributed by atoms with Crippen molar-refractivity contribution in [2.75, 3.05) is 10.0 Å². The molecular weight excluding hydrogens is 449 g/mol. The number of anilines is 3. The van der Waals surface area contributed by atoms with E-state index in [1.165, 1.54) is 6.07 Å². The predicted octanol–water partition coefficient (Wildman–Crippen LogP) is 5.03. The Morgan fingerprint density at radius 1 is 1.27 bits per heavy atom. The molecule has 0 radical (unpaired) electrons. The Morgan fingerprint density at radius 2 is 2.04 bits per heavy atom. The number of nitrogens with zero attached hydrogens (tertiary/aromatic N) is 1. The fraction of sp³-hybridized carbons (Fsp3) is 0.188. The molecule has 0 atom stereocenters. The molecule has 0 bridgehead atoms. The van der Waals surface area contributed by atoms with Crippen LogP contribution in [0.5, 0.6) is 0 Å². The number of hydrogen-bond acceptors (Lipinski definition) is 5. The molecule has 6 nitrogen and oxygen atoms in total. The molecule has 0 saturated heterocycles. The molecule has 2 N–H and O–H groups in total. The third kappa shape index (κ3) is 3.26. The van der Waals surface area contributed by atoms with Crippen molar-refractivity contribution in [1.82, 2.24) is 4.98 Å². The molecule has 4 rings (SSSR count). The lowest BCUT2D eigenvalue weighted by Gasteiger charge is -2.16. The van der Waals surface area contributed by atoms with Crippen molar-refractivity contribution < 1.29 is 17.2 Å². The van der Waals surface area contributed by atoms with Crippen LogP contribution in [-0.4, -0.2) is 18.7 Å². The monoisotopic (exact) mass is 459 g/mol. The van der Waals surface area contributed by atoms with Crippen LogP contribution in [0.3, 0.4) is 0 Å². The average molecular weight is 461 g/mol. The standard InChI is InChI=1S/C16H12BrClFN3O3S/c17-8-1-4-11(10(18)5-8)21-15-12(22-26(23,24)9-2-3-9)6-13-16(14(15)19)20-7-25-13/h1,4-7,9,21-22H,2-3H2. The Bertz CT molecular complexity index is 1120. The number of sulfonamides is 1. The van der Waals surface area contributed by atoms with E-state index in [4.69, 9.17) is 16.0 Å². The van der Waals surface area contributed by atoms with Gasteiger partial charge in [0.1, 0.15) is 11.2 Å². The maximum Gasteiger partial charge on any atom is 0.235 e. The van der Waals surface area contributed by atoms with Gasteiger partial charge in [-0.2, -0.15) is 0 Å². The quantitative estimate of drug-likeness (QED) is 0.558. The van der Waals surface area contributed by atoms with Crippen LogP contribution in [0.25, 0.3) is 11.1 Å². The van der Waals surface area contributed by atoms with Gasteiger partial charge in [-0.1, -0.05) is 27.5 Å². The van der Waals surface area contributed by atoms with Gasteiger partial charge >= 0.3 is 0 Å². The van der Waals surface area contributed by atoms with Gasteiger partial charge in [0.05, 0.1) is 21.6 Å². The molecule has 0 aliphatic heterocycles. The lowest BCUT2D eigenvalue weighted by molar-refractivity contribution is 0.599. The summed E-state index contributed by atoms with van der Waals surface area (Å²) in [6, 6.07) is 6.43.